The molecule has 0 N–H and O–H groups in total. The van der Waals surface area contributed by atoms with Gasteiger partial charge in [0.1, 0.15) is 11.8 Å². The summed E-state index contributed by atoms with van der Waals surface area (Å²) >= 11 is 5.88. The SMILES string of the molecule is C=CCN(C(=O)c1ccc(OC)cc1)C1CC(=O)N(c2ccc(Cl)cc2)C1=O. The van der Waals surface area contributed by atoms with E-state index in [1.54, 1.807) is 48.5 Å². The molecule has 0 spiro atoms. The number of carbonyl (C=O) groups excluding carboxylic acids is 3. The van der Waals surface area contributed by atoms with Crippen LogP contribution in [0.4, 0.5) is 5.69 Å². The molecule has 7 heteroatoms. The molecule has 0 bridgehead atoms. The van der Waals surface area contributed by atoms with Gasteiger partial charge in [-0.1, -0.05) is 17.7 Å². The van der Waals surface area contributed by atoms with Crippen molar-refractivity contribution < 1.29 is 19.1 Å². The molecule has 1 heterocycles. The van der Waals surface area contributed by atoms with Crippen LogP contribution in [-0.4, -0.2) is 42.3 Å². The number of hydrogen-bond donors (Lipinski definition) is 0. The van der Waals surface area contributed by atoms with Gasteiger partial charge in [0.25, 0.3) is 11.8 Å². The smallest absolute Gasteiger partial charge is 0.257 e. The van der Waals surface area contributed by atoms with E-state index in [9.17, 15) is 14.4 Å². The maximum absolute atomic E-state index is 13.0. The summed E-state index contributed by atoms with van der Waals surface area (Å²) in [6.07, 6.45) is 1.45. The molecule has 1 fully saturated rings. The van der Waals surface area contributed by atoms with Crippen molar-refractivity contribution in [3.05, 3.63) is 71.8 Å². The Morgan fingerprint density at radius 2 is 1.86 bits per heavy atom. The Morgan fingerprint density at radius 1 is 1.21 bits per heavy atom. The molecule has 144 valence electrons. The van der Waals surface area contributed by atoms with Crippen LogP contribution in [-0.2, 0) is 9.59 Å². The first-order valence-electron chi connectivity index (χ1n) is 8.64. The highest BCUT2D eigenvalue weighted by Gasteiger charge is 2.44. The first kappa shape index (κ1) is 19.6. The number of halogens is 1. The third-order valence-electron chi connectivity index (χ3n) is 4.51. The van der Waals surface area contributed by atoms with Crippen LogP contribution in [0.15, 0.2) is 61.2 Å². The summed E-state index contributed by atoms with van der Waals surface area (Å²) in [5, 5.41) is 0.502. The zero-order chi connectivity index (χ0) is 20.3. The average Bonchev–Trinajstić information content (AvgIpc) is 3.00. The van der Waals surface area contributed by atoms with Crippen molar-refractivity contribution in [2.75, 3.05) is 18.6 Å². The van der Waals surface area contributed by atoms with E-state index in [2.05, 4.69) is 6.58 Å². The number of carbonyl (C=O) groups is 3. The number of rotatable bonds is 6. The van der Waals surface area contributed by atoms with Gasteiger partial charge < -0.3 is 9.64 Å². The number of methoxy groups -OCH3 is 1. The van der Waals surface area contributed by atoms with E-state index < -0.39 is 11.9 Å². The molecular formula is C21H19ClN2O4. The largest absolute Gasteiger partial charge is 0.497 e. The predicted octanol–water partition coefficient (Wildman–Crippen LogP) is 3.31. The molecule has 6 nitrogen and oxygen atoms in total. The number of ether oxygens (including phenoxy) is 1. The lowest BCUT2D eigenvalue weighted by atomic mass is 10.1. The Kier molecular flexibility index (Phi) is 5.80. The highest BCUT2D eigenvalue weighted by Crippen LogP contribution is 2.28. The minimum absolute atomic E-state index is 0.0861. The predicted molar refractivity (Wildman–Crippen MR) is 107 cm³/mol. The summed E-state index contributed by atoms with van der Waals surface area (Å²) in [6, 6.07) is 12.1. The fraction of sp³-hybridized carbons (Fsp3) is 0.190. The number of anilines is 1. The van der Waals surface area contributed by atoms with Gasteiger partial charge in [-0.2, -0.15) is 0 Å². The maximum atomic E-state index is 13.0. The molecule has 1 saturated heterocycles. The molecule has 0 radical (unpaired) electrons. The Balaban J connectivity index is 1.88. The fourth-order valence-corrected chi connectivity index (χ4v) is 3.24. The minimum atomic E-state index is -0.893. The quantitative estimate of drug-likeness (QED) is 0.553. The second-order valence-corrected chi connectivity index (χ2v) is 6.67. The van der Waals surface area contributed by atoms with Crippen molar-refractivity contribution in [2.45, 2.75) is 12.5 Å². The number of benzene rings is 2. The zero-order valence-corrected chi connectivity index (χ0v) is 16.1. The van der Waals surface area contributed by atoms with Gasteiger partial charge in [0.05, 0.1) is 19.2 Å². The van der Waals surface area contributed by atoms with E-state index in [0.29, 0.717) is 22.0 Å². The van der Waals surface area contributed by atoms with Gasteiger partial charge in [0.2, 0.25) is 5.91 Å². The Labute approximate surface area is 167 Å². The second-order valence-electron chi connectivity index (χ2n) is 6.24. The number of amides is 3. The van der Waals surface area contributed by atoms with Gasteiger partial charge in [0, 0.05) is 17.1 Å². The number of imide groups is 1. The summed E-state index contributed by atoms with van der Waals surface area (Å²) in [6.45, 7) is 3.81. The lowest BCUT2D eigenvalue weighted by Crippen LogP contribution is -2.45. The molecule has 0 aromatic heterocycles. The minimum Gasteiger partial charge on any atom is -0.497 e. The average molecular weight is 399 g/mol. The molecule has 0 aliphatic carbocycles. The Morgan fingerprint density at radius 3 is 2.43 bits per heavy atom. The monoisotopic (exact) mass is 398 g/mol. The number of nitrogens with zero attached hydrogens (tertiary/aromatic N) is 2. The molecule has 3 rings (SSSR count). The van der Waals surface area contributed by atoms with Crippen LogP contribution in [0.3, 0.4) is 0 Å². The van der Waals surface area contributed by atoms with Gasteiger partial charge in [-0.15, -0.1) is 6.58 Å². The van der Waals surface area contributed by atoms with Crippen LogP contribution in [0.1, 0.15) is 16.8 Å². The molecule has 0 saturated carbocycles. The van der Waals surface area contributed by atoms with Gasteiger partial charge in [-0.05, 0) is 48.5 Å². The summed E-state index contributed by atoms with van der Waals surface area (Å²) in [5.41, 5.74) is 0.824. The molecule has 1 aliphatic rings. The van der Waals surface area contributed by atoms with Gasteiger partial charge in [0.15, 0.2) is 0 Å². The van der Waals surface area contributed by atoms with E-state index in [-0.39, 0.29) is 24.8 Å². The van der Waals surface area contributed by atoms with Crippen LogP contribution < -0.4 is 9.64 Å². The van der Waals surface area contributed by atoms with E-state index in [4.69, 9.17) is 16.3 Å². The third-order valence-corrected chi connectivity index (χ3v) is 4.76. The fourth-order valence-electron chi connectivity index (χ4n) is 3.11. The van der Waals surface area contributed by atoms with E-state index in [1.165, 1.54) is 18.1 Å². The first-order chi connectivity index (χ1) is 13.5. The molecule has 1 aliphatic heterocycles. The summed E-state index contributed by atoms with van der Waals surface area (Å²) in [4.78, 5) is 41.0. The zero-order valence-electron chi connectivity index (χ0n) is 15.3. The first-order valence-corrected chi connectivity index (χ1v) is 9.02. The van der Waals surface area contributed by atoms with Gasteiger partial charge in [-0.25, -0.2) is 4.90 Å². The van der Waals surface area contributed by atoms with E-state index in [1.807, 2.05) is 0 Å². The summed E-state index contributed by atoms with van der Waals surface area (Å²) in [5.74, 6) is -0.551. The molecule has 1 atom stereocenters. The van der Waals surface area contributed by atoms with Gasteiger partial charge in [-0.3, -0.25) is 14.4 Å². The summed E-state index contributed by atoms with van der Waals surface area (Å²) in [7, 11) is 1.54. The van der Waals surface area contributed by atoms with E-state index >= 15 is 0 Å². The summed E-state index contributed by atoms with van der Waals surface area (Å²) < 4.78 is 5.10. The normalized spacial score (nSPS) is 16.2. The van der Waals surface area contributed by atoms with Gasteiger partial charge >= 0.3 is 0 Å². The third kappa shape index (κ3) is 3.77. The molecule has 2 aromatic rings. The maximum Gasteiger partial charge on any atom is 0.257 e. The van der Waals surface area contributed by atoms with Crippen molar-refractivity contribution in [1.82, 2.24) is 4.90 Å². The molecule has 1 unspecified atom stereocenters. The second kappa shape index (κ2) is 8.27. The lowest BCUT2D eigenvalue weighted by Gasteiger charge is -2.26. The van der Waals surface area contributed by atoms with Crippen LogP contribution >= 0.6 is 11.6 Å². The molecule has 28 heavy (non-hydrogen) atoms. The molecule has 2 aromatic carbocycles. The van der Waals surface area contributed by atoms with Crippen molar-refractivity contribution >= 4 is 35.0 Å². The highest BCUT2D eigenvalue weighted by molar-refractivity contribution is 6.31. The van der Waals surface area contributed by atoms with Crippen molar-refractivity contribution in [3.8, 4) is 5.75 Å². The molecule has 3 amide bonds. The van der Waals surface area contributed by atoms with Crippen LogP contribution in [0, 0.1) is 0 Å². The van der Waals surface area contributed by atoms with Crippen LogP contribution in [0.5, 0.6) is 5.75 Å². The van der Waals surface area contributed by atoms with Crippen molar-refractivity contribution in [1.29, 1.82) is 0 Å². The van der Waals surface area contributed by atoms with Crippen LogP contribution in [0.25, 0.3) is 0 Å². The van der Waals surface area contributed by atoms with Crippen molar-refractivity contribution in [3.63, 3.8) is 0 Å². The molecular weight excluding hydrogens is 380 g/mol. The van der Waals surface area contributed by atoms with Crippen LogP contribution in [0.2, 0.25) is 5.02 Å². The van der Waals surface area contributed by atoms with Crippen molar-refractivity contribution in [2.24, 2.45) is 0 Å². The lowest BCUT2D eigenvalue weighted by molar-refractivity contribution is -0.122. The van der Waals surface area contributed by atoms with E-state index in [0.717, 1.165) is 4.90 Å². The topological polar surface area (TPSA) is 66.9 Å². The standard InChI is InChI=1S/C21H19ClN2O4/c1-3-12-23(20(26)14-4-10-17(28-2)11-5-14)18-13-19(25)24(21(18)27)16-8-6-15(22)7-9-16/h3-11,18H,1,12-13H2,2H3. The Bertz CT molecular complexity index is 909. The number of hydrogen-bond acceptors (Lipinski definition) is 4. The highest BCUT2D eigenvalue weighted by atomic mass is 35.5. The Hall–Kier alpha value is -3.12.